The van der Waals surface area contributed by atoms with Gasteiger partial charge in [0, 0.05) is 18.1 Å². The van der Waals surface area contributed by atoms with Gasteiger partial charge in [-0.3, -0.25) is 0 Å². The van der Waals surface area contributed by atoms with Crippen LogP contribution in [0.4, 0.5) is 5.69 Å². The predicted octanol–water partition coefficient (Wildman–Crippen LogP) is 2.20. The summed E-state index contributed by atoms with van der Waals surface area (Å²) in [4.78, 5) is 4.59. The van der Waals surface area contributed by atoms with Crippen molar-refractivity contribution >= 4 is 21.2 Å². The normalized spacial score (nSPS) is 11.9. The van der Waals surface area contributed by atoms with Crippen molar-refractivity contribution < 1.29 is 8.42 Å². The third-order valence-corrected chi connectivity index (χ3v) is 5.20. The van der Waals surface area contributed by atoms with Crippen LogP contribution in [-0.2, 0) is 15.6 Å². The number of nitrogen functional groups attached to an aromatic ring is 1. The predicted molar refractivity (Wildman–Crippen MR) is 81.7 cm³/mol. The van der Waals surface area contributed by atoms with Crippen LogP contribution in [0.25, 0.3) is 5.65 Å². The van der Waals surface area contributed by atoms with E-state index in [4.69, 9.17) is 5.73 Å². The average Bonchev–Trinajstić information content (AvgIpc) is 2.82. The first kappa shape index (κ1) is 13.6. The molecule has 0 aliphatic rings. The molecule has 2 N–H and O–H groups in total. The van der Waals surface area contributed by atoms with Crippen molar-refractivity contribution in [3.05, 3.63) is 60.0 Å². The summed E-state index contributed by atoms with van der Waals surface area (Å²) in [5, 5.41) is 0. The number of sulfone groups is 1. The van der Waals surface area contributed by atoms with E-state index in [-0.39, 0.29) is 10.6 Å². The number of anilines is 1. The van der Waals surface area contributed by atoms with Crippen LogP contribution in [0, 0.1) is 6.92 Å². The van der Waals surface area contributed by atoms with Gasteiger partial charge in [-0.15, -0.1) is 0 Å². The number of nitrogens with two attached hydrogens (primary N) is 1. The van der Waals surface area contributed by atoms with E-state index in [2.05, 4.69) is 4.98 Å². The van der Waals surface area contributed by atoms with Gasteiger partial charge in [0.1, 0.15) is 5.65 Å². The molecule has 0 atom stereocenters. The minimum absolute atomic E-state index is 0.140. The third-order valence-electron chi connectivity index (χ3n) is 3.41. The fourth-order valence-corrected chi connectivity index (χ4v) is 3.85. The number of imidazole rings is 1. The Morgan fingerprint density at radius 1 is 1.19 bits per heavy atom. The van der Waals surface area contributed by atoms with Crippen LogP contribution < -0.4 is 5.73 Å². The second-order valence-electron chi connectivity index (χ2n) is 4.93. The quantitative estimate of drug-likeness (QED) is 0.752. The number of rotatable bonds is 3. The summed E-state index contributed by atoms with van der Waals surface area (Å²) in [7, 11) is -3.47. The topological polar surface area (TPSA) is 77.5 Å². The van der Waals surface area contributed by atoms with E-state index in [0.29, 0.717) is 16.9 Å². The lowest BCUT2D eigenvalue weighted by atomic mass is 10.2. The van der Waals surface area contributed by atoms with Gasteiger partial charge in [-0.05, 0) is 36.8 Å². The molecule has 0 fully saturated rings. The Labute approximate surface area is 123 Å². The zero-order chi connectivity index (χ0) is 15.0. The molecule has 0 aliphatic carbocycles. The summed E-state index contributed by atoms with van der Waals surface area (Å²) in [6, 6.07) is 10.5. The Kier molecular flexibility index (Phi) is 3.17. The Balaban J connectivity index is 2.01. The molecule has 21 heavy (non-hydrogen) atoms. The first-order chi connectivity index (χ1) is 9.97. The summed E-state index contributed by atoms with van der Waals surface area (Å²) in [5.74, 6) is -0.140. The highest BCUT2D eigenvalue weighted by Crippen LogP contribution is 2.23. The fraction of sp³-hybridized carbons (Fsp3) is 0.133. The monoisotopic (exact) mass is 301 g/mol. The van der Waals surface area contributed by atoms with Crippen molar-refractivity contribution in [3.8, 4) is 0 Å². The molecule has 5 nitrogen and oxygen atoms in total. The standard InChI is InChI=1S/C15H15N3O2S/c1-11-13(16)5-4-6-14(11)21(19,20)10-12-9-18-8-3-2-7-15(18)17-12/h2-9H,10,16H2,1H3. The van der Waals surface area contributed by atoms with Crippen LogP contribution in [0.2, 0.25) is 0 Å². The Bertz CT molecular complexity index is 881. The van der Waals surface area contributed by atoms with Crippen LogP contribution in [0.15, 0.2) is 53.7 Å². The maximum Gasteiger partial charge on any atom is 0.184 e. The first-order valence-electron chi connectivity index (χ1n) is 6.48. The zero-order valence-electron chi connectivity index (χ0n) is 11.5. The molecule has 1 aromatic carbocycles. The smallest absolute Gasteiger partial charge is 0.184 e. The molecule has 2 aromatic heterocycles. The van der Waals surface area contributed by atoms with Crippen molar-refractivity contribution in [3.63, 3.8) is 0 Å². The molecule has 2 heterocycles. The molecule has 0 amide bonds. The highest BCUT2D eigenvalue weighted by Gasteiger charge is 2.20. The molecule has 0 saturated carbocycles. The lowest BCUT2D eigenvalue weighted by Gasteiger charge is -2.08. The minimum atomic E-state index is -3.47. The van der Waals surface area contributed by atoms with Crippen molar-refractivity contribution in [1.82, 2.24) is 9.38 Å². The van der Waals surface area contributed by atoms with E-state index >= 15 is 0 Å². The Morgan fingerprint density at radius 2 is 2.00 bits per heavy atom. The molecule has 0 bridgehead atoms. The SMILES string of the molecule is Cc1c(N)cccc1S(=O)(=O)Cc1cn2ccccc2n1. The number of hydrogen-bond acceptors (Lipinski definition) is 4. The van der Waals surface area contributed by atoms with Gasteiger partial charge in [0.2, 0.25) is 0 Å². The minimum Gasteiger partial charge on any atom is -0.398 e. The molecule has 3 aromatic rings. The Morgan fingerprint density at radius 3 is 2.76 bits per heavy atom. The summed E-state index contributed by atoms with van der Waals surface area (Å²) < 4.78 is 26.9. The maximum atomic E-state index is 12.5. The van der Waals surface area contributed by atoms with E-state index in [1.807, 2.05) is 24.4 Å². The first-order valence-corrected chi connectivity index (χ1v) is 8.13. The molecule has 0 spiro atoms. The molecular formula is C15H15N3O2S. The van der Waals surface area contributed by atoms with E-state index in [9.17, 15) is 8.42 Å². The second-order valence-corrected chi connectivity index (χ2v) is 6.89. The lowest BCUT2D eigenvalue weighted by molar-refractivity contribution is 0.594. The molecular weight excluding hydrogens is 286 g/mol. The highest BCUT2D eigenvalue weighted by molar-refractivity contribution is 7.90. The van der Waals surface area contributed by atoms with E-state index < -0.39 is 9.84 Å². The number of fused-ring (bicyclic) bond motifs is 1. The molecule has 108 valence electrons. The highest BCUT2D eigenvalue weighted by atomic mass is 32.2. The summed E-state index contributed by atoms with van der Waals surface area (Å²) in [5.41, 5.74) is 8.10. The van der Waals surface area contributed by atoms with Gasteiger partial charge in [-0.1, -0.05) is 12.1 Å². The molecule has 6 heteroatoms. The van der Waals surface area contributed by atoms with E-state index in [1.165, 1.54) is 0 Å². The van der Waals surface area contributed by atoms with Crippen molar-refractivity contribution in [2.24, 2.45) is 0 Å². The maximum absolute atomic E-state index is 12.5. The zero-order valence-corrected chi connectivity index (χ0v) is 12.3. The van der Waals surface area contributed by atoms with Gasteiger partial charge < -0.3 is 10.1 Å². The van der Waals surface area contributed by atoms with Gasteiger partial charge in [-0.2, -0.15) is 0 Å². The molecule has 0 aliphatic heterocycles. The van der Waals surface area contributed by atoms with Crippen molar-refractivity contribution in [1.29, 1.82) is 0 Å². The molecule has 0 saturated heterocycles. The number of nitrogens with zero attached hydrogens (tertiary/aromatic N) is 2. The molecule has 0 radical (unpaired) electrons. The summed E-state index contributed by atoms with van der Waals surface area (Å²) in [6.45, 7) is 1.71. The second kappa shape index (κ2) is 4.89. The lowest BCUT2D eigenvalue weighted by Crippen LogP contribution is -2.08. The van der Waals surface area contributed by atoms with Gasteiger partial charge >= 0.3 is 0 Å². The van der Waals surface area contributed by atoms with Crippen LogP contribution in [0.5, 0.6) is 0 Å². The van der Waals surface area contributed by atoms with E-state index in [0.717, 1.165) is 5.65 Å². The summed E-state index contributed by atoms with van der Waals surface area (Å²) in [6.07, 6.45) is 3.57. The van der Waals surface area contributed by atoms with Crippen LogP contribution in [-0.4, -0.2) is 17.8 Å². The van der Waals surface area contributed by atoms with Crippen molar-refractivity contribution in [2.45, 2.75) is 17.6 Å². The van der Waals surface area contributed by atoms with Crippen molar-refractivity contribution in [2.75, 3.05) is 5.73 Å². The average molecular weight is 301 g/mol. The van der Waals surface area contributed by atoms with Crippen LogP contribution in [0.1, 0.15) is 11.3 Å². The van der Waals surface area contributed by atoms with Gasteiger partial charge in [-0.25, -0.2) is 13.4 Å². The van der Waals surface area contributed by atoms with Gasteiger partial charge in [0.05, 0.1) is 16.3 Å². The summed E-state index contributed by atoms with van der Waals surface area (Å²) >= 11 is 0. The van der Waals surface area contributed by atoms with Gasteiger partial charge in [0.25, 0.3) is 0 Å². The van der Waals surface area contributed by atoms with Crippen LogP contribution in [0.3, 0.4) is 0 Å². The molecule has 0 unspecified atom stereocenters. The number of pyridine rings is 1. The number of benzene rings is 1. The number of hydrogen-bond donors (Lipinski definition) is 1. The van der Waals surface area contributed by atoms with Gasteiger partial charge in [0.15, 0.2) is 9.84 Å². The van der Waals surface area contributed by atoms with Crippen LogP contribution >= 0.6 is 0 Å². The fourth-order valence-electron chi connectivity index (χ4n) is 2.30. The Hall–Kier alpha value is -2.34. The molecule has 3 rings (SSSR count). The third kappa shape index (κ3) is 2.50. The largest absolute Gasteiger partial charge is 0.398 e. The van der Waals surface area contributed by atoms with E-state index in [1.54, 1.807) is 35.7 Å². The number of aromatic nitrogens is 2.